The van der Waals surface area contributed by atoms with E-state index < -0.39 is 0 Å². The van der Waals surface area contributed by atoms with Crippen LogP contribution in [0, 0.1) is 0 Å². The Labute approximate surface area is 120 Å². The van der Waals surface area contributed by atoms with Gasteiger partial charge in [0.05, 0.1) is 0 Å². The minimum absolute atomic E-state index is 0.0660. The summed E-state index contributed by atoms with van der Waals surface area (Å²) < 4.78 is 6.08. The molecular weight excluding hydrogens is 260 g/mol. The lowest BCUT2D eigenvalue weighted by atomic mass is 9.81. The quantitative estimate of drug-likeness (QED) is 0.815. The first kappa shape index (κ1) is 14.5. The minimum atomic E-state index is 0.0660. The maximum atomic E-state index is 6.08. The van der Waals surface area contributed by atoms with Crippen LogP contribution in [-0.4, -0.2) is 17.2 Å². The molecule has 106 valence electrons. The highest BCUT2D eigenvalue weighted by Gasteiger charge is 2.38. The van der Waals surface area contributed by atoms with E-state index in [0.717, 1.165) is 18.6 Å². The second-order valence-corrected chi connectivity index (χ2v) is 7.20. The molecule has 1 aliphatic heterocycles. The van der Waals surface area contributed by atoms with Crippen LogP contribution in [0.2, 0.25) is 5.02 Å². The van der Waals surface area contributed by atoms with Gasteiger partial charge in [0.1, 0.15) is 11.9 Å². The number of nitrogen functional groups attached to an aromatic ring is 1. The van der Waals surface area contributed by atoms with Gasteiger partial charge in [-0.25, -0.2) is 0 Å². The van der Waals surface area contributed by atoms with Gasteiger partial charge in [-0.05, 0) is 39.8 Å². The number of hydrogen-bond donors (Lipinski definition) is 2. The molecule has 0 amide bonds. The summed E-state index contributed by atoms with van der Waals surface area (Å²) in [6, 6.07) is 5.37. The molecule has 0 saturated carbocycles. The van der Waals surface area contributed by atoms with Crippen molar-refractivity contribution in [2.75, 3.05) is 5.73 Å². The molecule has 2 rings (SSSR count). The molecule has 1 aromatic rings. The van der Waals surface area contributed by atoms with Crippen molar-refractivity contribution in [2.24, 2.45) is 0 Å². The fourth-order valence-electron chi connectivity index (χ4n) is 3.16. The Balaban J connectivity index is 2.14. The second-order valence-electron chi connectivity index (χ2n) is 6.76. The van der Waals surface area contributed by atoms with Crippen molar-refractivity contribution in [3.8, 4) is 5.75 Å². The Hall–Kier alpha value is -0.930. The van der Waals surface area contributed by atoms with Crippen molar-refractivity contribution in [1.29, 1.82) is 0 Å². The lowest BCUT2D eigenvalue weighted by Gasteiger charge is -2.46. The topological polar surface area (TPSA) is 47.3 Å². The Kier molecular flexibility index (Phi) is 3.72. The third-order valence-electron chi connectivity index (χ3n) is 3.35. The van der Waals surface area contributed by atoms with Gasteiger partial charge in [0.2, 0.25) is 0 Å². The van der Waals surface area contributed by atoms with Gasteiger partial charge >= 0.3 is 0 Å². The maximum Gasteiger partial charge on any atom is 0.123 e. The summed E-state index contributed by atoms with van der Waals surface area (Å²) in [5.74, 6) is 0.753. The van der Waals surface area contributed by atoms with Gasteiger partial charge in [-0.1, -0.05) is 11.6 Å². The zero-order valence-corrected chi connectivity index (χ0v) is 12.8. The van der Waals surface area contributed by atoms with E-state index in [9.17, 15) is 0 Å². The highest BCUT2D eigenvalue weighted by Crippen LogP contribution is 2.32. The van der Waals surface area contributed by atoms with E-state index in [1.54, 1.807) is 6.07 Å². The van der Waals surface area contributed by atoms with Crippen molar-refractivity contribution in [3.63, 3.8) is 0 Å². The smallest absolute Gasteiger partial charge is 0.123 e. The van der Waals surface area contributed by atoms with Gasteiger partial charge < -0.3 is 15.8 Å². The van der Waals surface area contributed by atoms with Crippen LogP contribution in [0.5, 0.6) is 5.75 Å². The van der Waals surface area contributed by atoms with Crippen molar-refractivity contribution in [2.45, 2.75) is 57.7 Å². The Morgan fingerprint density at radius 2 is 1.74 bits per heavy atom. The normalized spacial score (nSPS) is 22.2. The number of rotatable bonds is 2. The first-order valence-corrected chi connectivity index (χ1v) is 7.05. The van der Waals surface area contributed by atoms with E-state index in [2.05, 4.69) is 33.0 Å². The van der Waals surface area contributed by atoms with Crippen LogP contribution in [0.15, 0.2) is 18.2 Å². The predicted octanol–water partition coefficient (Wildman–Crippen LogP) is 3.61. The van der Waals surface area contributed by atoms with E-state index in [-0.39, 0.29) is 17.2 Å². The van der Waals surface area contributed by atoms with Crippen LogP contribution in [-0.2, 0) is 0 Å². The van der Waals surface area contributed by atoms with Gasteiger partial charge in [0.15, 0.2) is 0 Å². The first-order valence-electron chi connectivity index (χ1n) is 6.67. The highest BCUT2D eigenvalue weighted by molar-refractivity contribution is 6.31. The molecule has 19 heavy (non-hydrogen) atoms. The highest BCUT2D eigenvalue weighted by atomic mass is 35.5. The number of ether oxygens (including phenoxy) is 1. The van der Waals surface area contributed by atoms with Gasteiger partial charge in [0.25, 0.3) is 0 Å². The van der Waals surface area contributed by atoms with Crippen molar-refractivity contribution in [1.82, 2.24) is 5.32 Å². The molecule has 0 bridgehead atoms. The maximum absolute atomic E-state index is 6.08. The number of nitrogens with two attached hydrogens (primary N) is 1. The fourth-order valence-corrected chi connectivity index (χ4v) is 3.39. The van der Waals surface area contributed by atoms with Crippen LogP contribution in [0.25, 0.3) is 0 Å². The molecule has 0 spiro atoms. The molecule has 3 N–H and O–H groups in total. The molecule has 0 aromatic heterocycles. The molecule has 3 nitrogen and oxygen atoms in total. The Bertz CT molecular complexity index is 435. The van der Waals surface area contributed by atoms with E-state index in [1.807, 2.05) is 12.1 Å². The van der Waals surface area contributed by atoms with Crippen molar-refractivity contribution in [3.05, 3.63) is 23.2 Å². The number of hydrogen-bond acceptors (Lipinski definition) is 3. The third-order valence-corrected chi connectivity index (χ3v) is 3.57. The van der Waals surface area contributed by atoms with Gasteiger partial charge in [-0.3, -0.25) is 0 Å². The zero-order valence-electron chi connectivity index (χ0n) is 12.1. The molecule has 0 radical (unpaired) electrons. The number of halogens is 1. The number of benzene rings is 1. The second kappa shape index (κ2) is 4.88. The van der Waals surface area contributed by atoms with E-state index in [0.29, 0.717) is 10.7 Å². The van der Waals surface area contributed by atoms with Crippen LogP contribution in [0.4, 0.5) is 5.69 Å². The fraction of sp³-hybridized carbons (Fsp3) is 0.600. The summed E-state index contributed by atoms with van der Waals surface area (Å²) in [5.41, 5.74) is 6.56. The predicted molar refractivity (Wildman–Crippen MR) is 80.8 cm³/mol. The molecule has 4 heteroatoms. The van der Waals surface area contributed by atoms with Gasteiger partial charge in [-0.2, -0.15) is 0 Å². The molecule has 1 aliphatic rings. The standard InChI is InChI=1S/C15H23ClN2O/c1-14(2)8-13(9-15(3,4)18-14)19-12-6-10(16)5-11(17)7-12/h5-7,13,18H,8-9,17H2,1-4H3. The van der Waals surface area contributed by atoms with Crippen LogP contribution < -0.4 is 15.8 Å². The lowest BCUT2D eigenvalue weighted by Crippen LogP contribution is -2.60. The van der Waals surface area contributed by atoms with E-state index in [1.165, 1.54) is 0 Å². The summed E-state index contributed by atoms with van der Waals surface area (Å²) in [5, 5.41) is 4.25. The number of piperidine rings is 1. The molecular formula is C15H23ClN2O. The molecule has 1 fully saturated rings. The molecule has 1 aromatic carbocycles. The molecule has 0 aliphatic carbocycles. The average molecular weight is 283 g/mol. The Morgan fingerprint density at radius 3 is 2.26 bits per heavy atom. The van der Waals surface area contributed by atoms with Gasteiger partial charge in [-0.15, -0.1) is 0 Å². The molecule has 1 saturated heterocycles. The van der Waals surface area contributed by atoms with Crippen molar-refractivity contribution >= 4 is 17.3 Å². The average Bonchev–Trinajstić information content (AvgIpc) is 2.08. The largest absolute Gasteiger partial charge is 0.490 e. The van der Waals surface area contributed by atoms with E-state index >= 15 is 0 Å². The monoisotopic (exact) mass is 282 g/mol. The molecule has 1 heterocycles. The number of anilines is 1. The van der Waals surface area contributed by atoms with Crippen LogP contribution in [0.3, 0.4) is 0 Å². The third kappa shape index (κ3) is 4.02. The van der Waals surface area contributed by atoms with Crippen LogP contribution >= 0.6 is 11.6 Å². The SMILES string of the molecule is CC1(C)CC(Oc2cc(N)cc(Cl)c2)CC(C)(C)N1. The molecule has 0 unspecified atom stereocenters. The summed E-state index contributed by atoms with van der Waals surface area (Å²) >= 11 is 6.01. The zero-order chi connectivity index (χ0) is 14.3. The van der Waals surface area contributed by atoms with Gasteiger partial charge in [0, 0.05) is 40.7 Å². The minimum Gasteiger partial charge on any atom is -0.490 e. The molecule has 0 atom stereocenters. The summed E-state index contributed by atoms with van der Waals surface area (Å²) in [6.45, 7) is 8.82. The summed E-state index contributed by atoms with van der Waals surface area (Å²) in [7, 11) is 0. The lowest BCUT2D eigenvalue weighted by molar-refractivity contribution is 0.0560. The number of nitrogens with one attached hydrogen (secondary N) is 1. The van der Waals surface area contributed by atoms with E-state index in [4.69, 9.17) is 22.1 Å². The first-order chi connectivity index (χ1) is 8.65. The van der Waals surface area contributed by atoms with Crippen LogP contribution in [0.1, 0.15) is 40.5 Å². The van der Waals surface area contributed by atoms with Crippen molar-refractivity contribution < 1.29 is 4.74 Å². The summed E-state index contributed by atoms with van der Waals surface area (Å²) in [4.78, 5) is 0. The Morgan fingerprint density at radius 1 is 1.16 bits per heavy atom. The summed E-state index contributed by atoms with van der Waals surface area (Å²) in [6.07, 6.45) is 2.09.